The summed E-state index contributed by atoms with van der Waals surface area (Å²) in [4.78, 5) is 11.5. The highest BCUT2D eigenvalue weighted by molar-refractivity contribution is 8.00. The molecular formula is C17H30O3S. The highest BCUT2D eigenvalue weighted by Crippen LogP contribution is 2.46. The zero-order chi connectivity index (χ0) is 15.5. The first-order valence-electron chi connectivity index (χ1n) is 8.40. The summed E-state index contributed by atoms with van der Waals surface area (Å²) in [6.07, 6.45) is 6.77. The van der Waals surface area contributed by atoms with Crippen molar-refractivity contribution >= 4 is 17.7 Å². The van der Waals surface area contributed by atoms with Crippen molar-refractivity contribution in [2.45, 2.75) is 70.7 Å². The van der Waals surface area contributed by atoms with Crippen molar-refractivity contribution in [3.63, 3.8) is 0 Å². The van der Waals surface area contributed by atoms with E-state index in [9.17, 15) is 9.90 Å². The van der Waals surface area contributed by atoms with Crippen LogP contribution in [0.3, 0.4) is 0 Å². The van der Waals surface area contributed by atoms with Crippen molar-refractivity contribution in [2.75, 3.05) is 12.4 Å². The van der Waals surface area contributed by atoms with E-state index in [1.807, 2.05) is 11.8 Å². The van der Waals surface area contributed by atoms with Gasteiger partial charge in [-0.2, -0.15) is 11.8 Å². The Balaban J connectivity index is 1.95. The lowest BCUT2D eigenvalue weighted by atomic mass is 9.67. The van der Waals surface area contributed by atoms with Gasteiger partial charge in [0.1, 0.15) is 0 Å². The summed E-state index contributed by atoms with van der Waals surface area (Å²) in [7, 11) is 0. The molecule has 1 aliphatic carbocycles. The van der Waals surface area contributed by atoms with Crippen LogP contribution in [0.4, 0.5) is 0 Å². The Morgan fingerprint density at radius 1 is 1.33 bits per heavy atom. The molecule has 0 radical (unpaired) electrons. The van der Waals surface area contributed by atoms with E-state index in [1.165, 1.54) is 6.42 Å². The van der Waals surface area contributed by atoms with Crippen LogP contribution in [-0.2, 0) is 9.53 Å². The van der Waals surface area contributed by atoms with Crippen LogP contribution in [0, 0.1) is 17.3 Å². The Bertz CT molecular complexity index is 350. The normalized spacial score (nSPS) is 34.0. The monoisotopic (exact) mass is 314 g/mol. The Morgan fingerprint density at radius 3 is 2.67 bits per heavy atom. The van der Waals surface area contributed by atoms with Crippen LogP contribution >= 0.6 is 11.8 Å². The van der Waals surface area contributed by atoms with Crippen LogP contribution in [0.5, 0.6) is 0 Å². The fourth-order valence-corrected chi connectivity index (χ4v) is 5.18. The molecule has 0 amide bonds. The van der Waals surface area contributed by atoms with E-state index in [-0.39, 0.29) is 11.2 Å². The van der Waals surface area contributed by atoms with E-state index in [0.29, 0.717) is 17.4 Å². The van der Waals surface area contributed by atoms with Gasteiger partial charge >= 0.3 is 5.97 Å². The van der Waals surface area contributed by atoms with Crippen molar-refractivity contribution in [3.8, 4) is 0 Å². The molecule has 21 heavy (non-hydrogen) atoms. The molecule has 1 saturated carbocycles. The highest BCUT2D eigenvalue weighted by atomic mass is 32.2. The molecule has 2 fully saturated rings. The molecule has 2 aliphatic rings. The molecule has 4 unspecified atom stereocenters. The summed E-state index contributed by atoms with van der Waals surface area (Å²) in [5.41, 5.74) is 0.326. The Kier molecular flexibility index (Phi) is 6.01. The van der Waals surface area contributed by atoms with Gasteiger partial charge in [-0.3, -0.25) is 4.79 Å². The van der Waals surface area contributed by atoms with Crippen molar-refractivity contribution < 1.29 is 14.6 Å². The van der Waals surface area contributed by atoms with E-state index in [2.05, 4.69) is 20.8 Å². The van der Waals surface area contributed by atoms with E-state index in [4.69, 9.17) is 4.74 Å². The number of aliphatic carboxylic acids is 1. The predicted octanol–water partition coefficient (Wildman–Crippen LogP) is 4.20. The SMILES string of the molecule is CCC(C)(C)C1CCC(C(=O)O)C(SCC2CCCO2)C1. The molecule has 0 aromatic rings. The Morgan fingerprint density at radius 2 is 2.10 bits per heavy atom. The maximum absolute atomic E-state index is 11.5. The minimum absolute atomic E-state index is 0.166. The number of hydrogen-bond acceptors (Lipinski definition) is 3. The minimum atomic E-state index is -0.604. The molecule has 3 nitrogen and oxygen atoms in total. The van der Waals surface area contributed by atoms with Gasteiger partial charge in [0.05, 0.1) is 12.0 Å². The van der Waals surface area contributed by atoms with Gasteiger partial charge in [-0.05, 0) is 43.4 Å². The lowest BCUT2D eigenvalue weighted by Gasteiger charge is -2.42. The van der Waals surface area contributed by atoms with Gasteiger partial charge in [0.2, 0.25) is 0 Å². The standard InChI is InChI=1S/C17H30O3S/c1-4-17(2,3)12-7-8-14(16(18)19)15(10-12)21-11-13-6-5-9-20-13/h12-15H,4-11H2,1-3H3,(H,18,19). The third-order valence-electron chi connectivity index (χ3n) is 5.65. The quantitative estimate of drug-likeness (QED) is 0.798. The third-order valence-corrected chi connectivity index (χ3v) is 7.16. The van der Waals surface area contributed by atoms with Crippen LogP contribution < -0.4 is 0 Å². The topological polar surface area (TPSA) is 46.5 Å². The molecule has 0 bridgehead atoms. The number of rotatable bonds is 6. The molecule has 122 valence electrons. The van der Waals surface area contributed by atoms with Crippen LogP contribution in [0.1, 0.15) is 59.3 Å². The van der Waals surface area contributed by atoms with Crippen LogP contribution in [0.15, 0.2) is 0 Å². The number of hydrogen-bond donors (Lipinski definition) is 1. The van der Waals surface area contributed by atoms with E-state index >= 15 is 0 Å². The largest absolute Gasteiger partial charge is 0.481 e. The van der Waals surface area contributed by atoms with Gasteiger partial charge < -0.3 is 9.84 Å². The summed E-state index contributed by atoms with van der Waals surface area (Å²) in [6.45, 7) is 7.79. The van der Waals surface area contributed by atoms with Crippen LogP contribution in [0.25, 0.3) is 0 Å². The zero-order valence-electron chi connectivity index (χ0n) is 13.6. The number of thioether (sulfide) groups is 1. The highest BCUT2D eigenvalue weighted by Gasteiger charge is 2.40. The summed E-state index contributed by atoms with van der Waals surface area (Å²) in [5, 5.41) is 9.76. The van der Waals surface area contributed by atoms with Gasteiger partial charge in [-0.15, -0.1) is 0 Å². The zero-order valence-corrected chi connectivity index (χ0v) is 14.5. The van der Waals surface area contributed by atoms with Crippen molar-refractivity contribution in [1.29, 1.82) is 0 Å². The van der Waals surface area contributed by atoms with Crippen LogP contribution in [0.2, 0.25) is 0 Å². The first kappa shape index (κ1) is 17.1. The van der Waals surface area contributed by atoms with E-state index in [0.717, 1.165) is 44.5 Å². The Labute approximate surface area is 133 Å². The molecule has 0 aromatic carbocycles. The van der Waals surface area contributed by atoms with Crippen molar-refractivity contribution in [1.82, 2.24) is 0 Å². The van der Waals surface area contributed by atoms with E-state index in [1.54, 1.807) is 0 Å². The second-order valence-electron chi connectivity index (χ2n) is 7.30. The lowest BCUT2D eigenvalue weighted by molar-refractivity contribution is -0.143. The van der Waals surface area contributed by atoms with Crippen LogP contribution in [-0.4, -0.2) is 34.8 Å². The molecule has 1 saturated heterocycles. The fourth-order valence-electron chi connectivity index (χ4n) is 3.60. The lowest BCUT2D eigenvalue weighted by Crippen LogP contribution is -2.38. The molecule has 1 heterocycles. The second kappa shape index (κ2) is 7.36. The first-order chi connectivity index (χ1) is 9.94. The summed E-state index contributed by atoms with van der Waals surface area (Å²) in [5.74, 6) is 0.848. The average molecular weight is 314 g/mol. The molecular weight excluding hydrogens is 284 g/mol. The molecule has 4 heteroatoms. The molecule has 0 spiro atoms. The van der Waals surface area contributed by atoms with Gasteiger partial charge in [0.15, 0.2) is 0 Å². The summed E-state index contributed by atoms with van der Waals surface area (Å²) >= 11 is 1.86. The smallest absolute Gasteiger partial charge is 0.307 e. The van der Waals surface area contributed by atoms with Gasteiger partial charge in [0, 0.05) is 17.6 Å². The molecule has 2 rings (SSSR count). The number of carboxylic acid groups (broad SMARTS) is 1. The van der Waals surface area contributed by atoms with E-state index < -0.39 is 5.97 Å². The van der Waals surface area contributed by atoms with Gasteiger partial charge in [0.25, 0.3) is 0 Å². The minimum Gasteiger partial charge on any atom is -0.481 e. The molecule has 1 N–H and O–H groups in total. The maximum atomic E-state index is 11.5. The molecule has 1 aliphatic heterocycles. The third kappa shape index (κ3) is 4.38. The molecule has 0 aromatic heterocycles. The number of carbonyl (C=O) groups is 1. The fraction of sp³-hybridized carbons (Fsp3) is 0.941. The summed E-state index contributed by atoms with van der Waals surface area (Å²) < 4.78 is 5.69. The average Bonchev–Trinajstić information content (AvgIpc) is 2.98. The number of carboxylic acids is 1. The van der Waals surface area contributed by atoms with Gasteiger partial charge in [-0.25, -0.2) is 0 Å². The maximum Gasteiger partial charge on any atom is 0.307 e. The molecule has 4 atom stereocenters. The first-order valence-corrected chi connectivity index (χ1v) is 9.45. The predicted molar refractivity (Wildman–Crippen MR) is 87.8 cm³/mol. The van der Waals surface area contributed by atoms with Gasteiger partial charge in [-0.1, -0.05) is 27.2 Å². The van der Waals surface area contributed by atoms with Crippen molar-refractivity contribution in [2.24, 2.45) is 17.3 Å². The summed E-state index contributed by atoms with van der Waals surface area (Å²) in [6, 6.07) is 0. The number of ether oxygens (including phenoxy) is 1. The second-order valence-corrected chi connectivity index (χ2v) is 8.58. The Hall–Kier alpha value is -0.220. The van der Waals surface area contributed by atoms with Crippen molar-refractivity contribution in [3.05, 3.63) is 0 Å².